The fraction of sp³-hybridized carbons (Fsp3) is 0.292. The Hall–Kier alpha value is -3.85. The molecular weight excluding hydrogens is 424 g/mol. The maximum Gasteiger partial charge on any atom is 0.328 e. The van der Waals surface area contributed by atoms with Gasteiger partial charge in [-0.3, -0.25) is 0 Å². The summed E-state index contributed by atoms with van der Waals surface area (Å²) >= 11 is 0. The first-order valence-corrected chi connectivity index (χ1v) is 10.7. The minimum absolute atomic E-state index is 0.00645. The number of carboxylic acid groups (broad SMARTS) is 2. The van der Waals surface area contributed by atoms with E-state index in [2.05, 4.69) is 52.5 Å². The van der Waals surface area contributed by atoms with Gasteiger partial charge in [-0.05, 0) is 37.2 Å². The van der Waals surface area contributed by atoms with Gasteiger partial charge in [-0.15, -0.1) is 0 Å². The van der Waals surface area contributed by atoms with Crippen molar-refractivity contribution >= 4 is 35.0 Å². The third-order valence-electron chi connectivity index (χ3n) is 5.48. The van der Waals surface area contributed by atoms with Crippen LogP contribution in [0.4, 0.5) is 21.9 Å². The van der Waals surface area contributed by atoms with Gasteiger partial charge in [-0.2, -0.15) is 0 Å². The predicted molar refractivity (Wildman–Crippen MR) is 126 cm³/mol. The summed E-state index contributed by atoms with van der Waals surface area (Å²) in [6.07, 6.45) is 2.15. The molecule has 2 aromatic rings. The van der Waals surface area contributed by atoms with Crippen molar-refractivity contribution in [2.75, 3.05) is 50.0 Å². The van der Waals surface area contributed by atoms with Gasteiger partial charge in [0.25, 0.3) is 0 Å². The van der Waals surface area contributed by atoms with Crippen LogP contribution >= 0.6 is 0 Å². The van der Waals surface area contributed by atoms with E-state index < -0.39 is 11.9 Å². The smallest absolute Gasteiger partial charge is 0.328 e. The lowest BCUT2D eigenvalue weighted by Crippen LogP contribution is -2.48. The highest BCUT2D eigenvalue weighted by Crippen LogP contribution is 2.38. The zero-order chi connectivity index (χ0) is 23.8. The van der Waals surface area contributed by atoms with Crippen LogP contribution in [0.3, 0.4) is 0 Å². The van der Waals surface area contributed by atoms with E-state index in [1.165, 1.54) is 11.3 Å². The molecule has 2 heterocycles. The Morgan fingerprint density at radius 1 is 0.818 bits per heavy atom. The number of nitrogens with one attached hydrogen (secondary N) is 1. The molecule has 4 rings (SSSR count). The Labute approximate surface area is 192 Å². The fourth-order valence-electron chi connectivity index (χ4n) is 3.75. The molecule has 3 N–H and O–H groups in total. The van der Waals surface area contributed by atoms with Crippen LogP contribution in [0, 0.1) is 0 Å². The average molecular weight is 453 g/mol. The minimum Gasteiger partial charge on any atom is -0.478 e. The molecule has 9 heteroatoms. The van der Waals surface area contributed by atoms with E-state index in [0.717, 1.165) is 50.5 Å². The highest BCUT2D eigenvalue weighted by atomic mass is 16.4. The quantitative estimate of drug-likeness (QED) is 0.612. The number of amides is 2. The number of carboxylic acids is 2. The van der Waals surface area contributed by atoms with Gasteiger partial charge >= 0.3 is 18.0 Å². The number of fused-ring (bicyclic) bond motifs is 1. The van der Waals surface area contributed by atoms with Gasteiger partial charge in [0, 0.05) is 50.6 Å². The third kappa shape index (κ3) is 6.56. The number of anilines is 3. The summed E-state index contributed by atoms with van der Waals surface area (Å²) in [7, 11) is 2.09. The number of carbonyl (C=O) groups is 3. The molecular formula is C24H28N4O5. The topological polar surface area (TPSA) is 113 Å². The van der Waals surface area contributed by atoms with Crippen LogP contribution in [0.5, 0.6) is 0 Å². The number of hydrogen-bond donors (Lipinski definition) is 3. The molecule has 0 saturated carbocycles. The second-order valence-corrected chi connectivity index (χ2v) is 7.78. The van der Waals surface area contributed by atoms with Crippen LogP contribution in [0.2, 0.25) is 0 Å². The van der Waals surface area contributed by atoms with Crippen LogP contribution in [0.1, 0.15) is 5.56 Å². The molecule has 0 radical (unpaired) electrons. The first-order chi connectivity index (χ1) is 15.8. The number of hydrogen-bond acceptors (Lipinski definition) is 5. The number of likely N-dealkylation sites (N-methyl/N-ethyl adjacent to an activating group) is 1. The lowest BCUT2D eigenvalue weighted by molar-refractivity contribution is -0.134. The van der Waals surface area contributed by atoms with Crippen molar-refractivity contribution in [3.63, 3.8) is 0 Å². The van der Waals surface area contributed by atoms with Crippen LogP contribution in [-0.2, 0) is 16.0 Å². The number of para-hydroxylation sites is 3. The number of benzene rings is 2. The van der Waals surface area contributed by atoms with Gasteiger partial charge in [0.1, 0.15) is 0 Å². The van der Waals surface area contributed by atoms with E-state index in [9.17, 15) is 14.4 Å². The number of aliphatic carboxylic acids is 2. The van der Waals surface area contributed by atoms with E-state index in [1.54, 1.807) is 0 Å². The average Bonchev–Trinajstić information content (AvgIpc) is 3.23. The van der Waals surface area contributed by atoms with E-state index in [1.807, 2.05) is 23.1 Å². The molecule has 0 atom stereocenters. The van der Waals surface area contributed by atoms with E-state index in [4.69, 9.17) is 10.2 Å². The van der Waals surface area contributed by atoms with Crippen LogP contribution in [-0.4, -0.2) is 77.8 Å². The Kier molecular flexibility index (Phi) is 8.04. The van der Waals surface area contributed by atoms with Gasteiger partial charge < -0.3 is 30.2 Å². The first-order valence-electron chi connectivity index (χ1n) is 10.7. The van der Waals surface area contributed by atoms with E-state index in [-0.39, 0.29) is 6.03 Å². The molecule has 1 saturated heterocycles. The number of urea groups is 1. The standard InChI is InChI=1S/C20H24N4O.C4H4O4/c1-22-12-14-23(15-13-22)20(25)21-17-7-3-5-9-19(17)24-11-10-16-6-2-4-8-18(16)24;5-3(6)1-2-4(7)8/h2-9H,10-15H2,1H3,(H,21,25);1-2H,(H,5,6)(H,7,8)/b;2-1-. The first kappa shape index (κ1) is 23.8. The number of piperazine rings is 1. The Morgan fingerprint density at radius 3 is 2.03 bits per heavy atom. The second kappa shape index (κ2) is 11.1. The van der Waals surface area contributed by atoms with Crippen molar-refractivity contribution in [2.24, 2.45) is 0 Å². The van der Waals surface area contributed by atoms with Crippen LogP contribution in [0.25, 0.3) is 0 Å². The molecule has 33 heavy (non-hydrogen) atoms. The molecule has 9 nitrogen and oxygen atoms in total. The van der Waals surface area contributed by atoms with Crippen LogP contribution < -0.4 is 10.2 Å². The van der Waals surface area contributed by atoms with Crippen LogP contribution in [0.15, 0.2) is 60.7 Å². The molecule has 2 aromatic carbocycles. The summed E-state index contributed by atoms with van der Waals surface area (Å²) < 4.78 is 0. The third-order valence-corrected chi connectivity index (χ3v) is 5.48. The monoisotopic (exact) mass is 452 g/mol. The normalized spacial score (nSPS) is 15.5. The lowest BCUT2D eigenvalue weighted by Gasteiger charge is -2.33. The number of rotatable bonds is 4. The minimum atomic E-state index is -1.26. The molecule has 0 aromatic heterocycles. The highest BCUT2D eigenvalue weighted by Gasteiger charge is 2.24. The fourth-order valence-corrected chi connectivity index (χ4v) is 3.75. The second-order valence-electron chi connectivity index (χ2n) is 7.78. The molecule has 0 spiro atoms. The number of nitrogens with zero attached hydrogens (tertiary/aromatic N) is 3. The van der Waals surface area contributed by atoms with Crippen molar-refractivity contribution in [1.82, 2.24) is 9.80 Å². The Morgan fingerprint density at radius 2 is 1.39 bits per heavy atom. The Bertz CT molecular complexity index is 1020. The molecule has 1 fully saturated rings. The van der Waals surface area contributed by atoms with Crippen molar-refractivity contribution in [1.29, 1.82) is 0 Å². The number of carbonyl (C=O) groups excluding carboxylic acids is 1. The largest absolute Gasteiger partial charge is 0.478 e. The lowest BCUT2D eigenvalue weighted by atomic mass is 10.2. The molecule has 2 aliphatic rings. The van der Waals surface area contributed by atoms with E-state index in [0.29, 0.717) is 12.2 Å². The Balaban J connectivity index is 0.000000331. The summed E-state index contributed by atoms with van der Waals surface area (Å²) in [5.74, 6) is -2.51. The van der Waals surface area contributed by atoms with Gasteiger partial charge in [-0.25, -0.2) is 14.4 Å². The maximum atomic E-state index is 12.7. The zero-order valence-electron chi connectivity index (χ0n) is 18.5. The van der Waals surface area contributed by atoms with Crippen molar-refractivity contribution in [2.45, 2.75) is 6.42 Å². The van der Waals surface area contributed by atoms with Gasteiger partial charge in [0.05, 0.1) is 11.4 Å². The summed E-state index contributed by atoms with van der Waals surface area (Å²) in [5.41, 5.74) is 4.55. The molecule has 0 unspecified atom stereocenters. The maximum absolute atomic E-state index is 12.7. The molecule has 2 amide bonds. The molecule has 2 aliphatic heterocycles. The van der Waals surface area contributed by atoms with Crippen molar-refractivity contribution in [3.8, 4) is 0 Å². The predicted octanol–water partition coefficient (Wildman–Crippen LogP) is 2.87. The molecule has 0 aliphatic carbocycles. The van der Waals surface area contributed by atoms with Gasteiger partial charge in [-0.1, -0.05) is 30.3 Å². The molecule has 0 bridgehead atoms. The summed E-state index contributed by atoms with van der Waals surface area (Å²) in [5, 5.41) is 18.8. The summed E-state index contributed by atoms with van der Waals surface area (Å²) in [4.78, 5) is 38.2. The van der Waals surface area contributed by atoms with Gasteiger partial charge in [0.2, 0.25) is 0 Å². The van der Waals surface area contributed by atoms with E-state index >= 15 is 0 Å². The zero-order valence-corrected chi connectivity index (χ0v) is 18.5. The van der Waals surface area contributed by atoms with Crippen molar-refractivity contribution in [3.05, 3.63) is 66.2 Å². The molecule has 174 valence electrons. The van der Waals surface area contributed by atoms with Crippen molar-refractivity contribution < 1.29 is 24.6 Å². The highest BCUT2D eigenvalue weighted by molar-refractivity contribution is 5.94. The van der Waals surface area contributed by atoms with Gasteiger partial charge in [0.15, 0.2) is 0 Å². The summed E-state index contributed by atoms with van der Waals surface area (Å²) in [6, 6.07) is 16.6. The summed E-state index contributed by atoms with van der Waals surface area (Å²) in [6.45, 7) is 4.35. The SMILES string of the molecule is CN1CCN(C(=O)Nc2ccccc2N2CCc3ccccc32)CC1.O=C(O)/C=C\C(=O)O.